The zero-order valence-corrected chi connectivity index (χ0v) is 15.7. The van der Waals surface area contributed by atoms with Gasteiger partial charge >= 0.3 is 0 Å². The third-order valence-corrected chi connectivity index (χ3v) is 5.09. The topological polar surface area (TPSA) is 71.3 Å². The molecule has 134 valence electrons. The van der Waals surface area contributed by atoms with Crippen molar-refractivity contribution in [2.24, 2.45) is 0 Å². The first-order valence-electron chi connectivity index (χ1n) is 8.52. The molecule has 0 saturated carbocycles. The monoisotopic (exact) mass is 360 g/mol. The van der Waals surface area contributed by atoms with Gasteiger partial charge in [0.25, 0.3) is 0 Å². The van der Waals surface area contributed by atoms with Crippen LogP contribution in [0.1, 0.15) is 44.6 Å². The van der Waals surface area contributed by atoms with Crippen molar-refractivity contribution in [3.05, 3.63) is 34.4 Å². The van der Waals surface area contributed by atoms with Gasteiger partial charge in [0.1, 0.15) is 0 Å². The van der Waals surface area contributed by atoms with Crippen LogP contribution in [0.25, 0.3) is 0 Å². The second-order valence-electron chi connectivity index (χ2n) is 5.70. The Bertz CT molecular complexity index is 694. The van der Waals surface area contributed by atoms with E-state index in [-0.39, 0.29) is 18.2 Å². The van der Waals surface area contributed by atoms with Gasteiger partial charge in [-0.05, 0) is 36.8 Å². The van der Waals surface area contributed by atoms with E-state index in [1.54, 1.807) is 18.9 Å². The first-order chi connectivity index (χ1) is 12.1. The average Bonchev–Trinajstić information content (AvgIpc) is 2.62. The number of methoxy groups -OCH3 is 1. The lowest BCUT2D eigenvalue weighted by molar-refractivity contribution is -0.120. The van der Waals surface area contributed by atoms with Crippen LogP contribution in [0, 0.1) is 11.3 Å². The van der Waals surface area contributed by atoms with Gasteiger partial charge in [0.15, 0.2) is 11.5 Å². The minimum atomic E-state index is -0.257. The number of nitrogens with zero attached hydrogens (tertiary/aromatic N) is 1. The van der Waals surface area contributed by atoms with Crippen molar-refractivity contribution in [1.29, 1.82) is 5.26 Å². The maximum Gasteiger partial charge on any atom is 0.225 e. The van der Waals surface area contributed by atoms with E-state index in [4.69, 9.17) is 9.47 Å². The number of carbonyl (C=O) groups is 1. The predicted octanol–water partition coefficient (Wildman–Crippen LogP) is 3.97. The Labute approximate surface area is 153 Å². The molecule has 1 unspecified atom stereocenters. The molecule has 0 aliphatic carbocycles. The molecule has 1 aliphatic heterocycles. The van der Waals surface area contributed by atoms with E-state index < -0.39 is 0 Å². The molecule has 1 aromatic rings. The van der Waals surface area contributed by atoms with Crippen LogP contribution in [-0.4, -0.2) is 25.4 Å². The Hall–Kier alpha value is -2.13. The molecule has 1 atom stereocenters. The van der Waals surface area contributed by atoms with E-state index >= 15 is 0 Å². The van der Waals surface area contributed by atoms with Crippen molar-refractivity contribution in [3.8, 4) is 17.6 Å². The molecule has 1 aromatic carbocycles. The van der Waals surface area contributed by atoms with E-state index in [0.29, 0.717) is 28.7 Å². The second kappa shape index (κ2) is 9.38. The molecule has 6 heteroatoms. The van der Waals surface area contributed by atoms with Crippen molar-refractivity contribution in [2.45, 2.75) is 39.0 Å². The summed E-state index contributed by atoms with van der Waals surface area (Å²) in [5.74, 6) is 1.84. The Balaban J connectivity index is 2.36. The number of carbonyl (C=O) groups excluding carboxylic acids is 1. The molecule has 0 aromatic heterocycles. The minimum Gasteiger partial charge on any atom is -0.493 e. The summed E-state index contributed by atoms with van der Waals surface area (Å²) in [4.78, 5) is 12.2. The van der Waals surface area contributed by atoms with Crippen molar-refractivity contribution >= 4 is 17.7 Å². The number of allylic oxidation sites excluding steroid dienone is 1. The van der Waals surface area contributed by atoms with E-state index in [1.165, 1.54) is 0 Å². The number of nitrogens with one attached hydrogen (secondary N) is 1. The van der Waals surface area contributed by atoms with Crippen LogP contribution in [0.3, 0.4) is 0 Å². The van der Waals surface area contributed by atoms with Crippen LogP contribution in [-0.2, 0) is 4.79 Å². The third-order valence-electron chi connectivity index (χ3n) is 3.99. The smallest absolute Gasteiger partial charge is 0.225 e. The Morgan fingerprint density at radius 1 is 1.36 bits per heavy atom. The van der Waals surface area contributed by atoms with Crippen LogP contribution < -0.4 is 14.8 Å². The number of hydrogen-bond donors (Lipinski definition) is 1. The minimum absolute atomic E-state index is 0.0594. The van der Waals surface area contributed by atoms with Crippen molar-refractivity contribution in [2.75, 3.05) is 19.5 Å². The highest BCUT2D eigenvalue weighted by atomic mass is 32.2. The third kappa shape index (κ3) is 4.70. The van der Waals surface area contributed by atoms with E-state index in [9.17, 15) is 10.1 Å². The van der Waals surface area contributed by atoms with Crippen LogP contribution in [0.15, 0.2) is 28.8 Å². The highest BCUT2D eigenvalue weighted by Gasteiger charge is 2.30. The maximum atomic E-state index is 12.2. The summed E-state index contributed by atoms with van der Waals surface area (Å²) in [6.07, 6.45) is 2.39. The number of thioether (sulfide) groups is 1. The summed E-state index contributed by atoms with van der Waals surface area (Å²) in [6, 6.07) is 7.90. The van der Waals surface area contributed by atoms with E-state index in [1.807, 2.05) is 25.1 Å². The number of unbranched alkanes of at least 4 members (excludes halogenated alkanes) is 1. The molecule has 1 heterocycles. The van der Waals surface area contributed by atoms with Crippen molar-refractivity contribution < 1.29 is 14.3 Å². The molecule has 1 aliphatic rings. The Morgan fingerprint density at radius 3 is 2.80 bits per heavy atom. The van der Waals surface area contributed by atoms with E-state index in [2.05, 4.69) is 18.3 Å². The largest absolute Gasteiger partial charge is 0.493 e. The highest BCUT2D eigenvalue weighted by Crippen LogP contribution is 2.39. The van der Waals surface area contributed by atoms with Crippen molar-refractivity contribution in [1.82, 2.24) is 5.32 Å². The van der Waals surface area contributed by atoms with Crippen LogP contribution in [0.2, 0.25) is 0 Å². The summed E-state index contributed by atoms with van der Waals surface area (Å²) >= 11 is 1.55. The van der Waals surface area contributed by atoms with Gasteiger partial charge in [0.2, 0.25) is 5.91 Å². The molecular formula is C19H24N2O3S. The first-order valence-corrected chi connectivity index (χ1v) is 9.50. The highest BCUT2D eigenvalue weighted by molar-refractivity contribution is 8.03. The molecule has 25 heavy (non-hydrogen) atoms. The standard InChI is InChI=1S/C19H24N2O3S/c1-4-6-9-25-19-15(12-20)14(11-18(22)21-19)13-7-8-16(24-5-2)17(10-13)23-3/h7-8,10,14H,4-6,9,11H2,1-3H3,(H,21,22). The van der Waals surface area contributed by atoms with Gasteiger partial charge in [-0.15, -0.1) is 11.8 Å². The Morgan fingerprint density at radius 2 is 2.16 bits per heavy atom. The van der Waals surface area contributed by atoms with Crippen LogP contribution >= 0.6 is 11.8 Å². The molecule has 2 rings (SSSR count). The lowest BCUT2D eigenvalue weighted by Gasteiger charge is -2.25. The summed E-state index contributed by atoms with van der Waals surface area (Å²) in [5, 5.41) is 13.2. The van der Waals surface area contributed by atoms with Gasteiger partial charge < -0.3 is 14.8 Å². The first kappa shape index (κ1) is 19.2. The quantitative estimate of drug-likeness (QED) is 0.710. The molecule has 0 bridgehead atoms. The van der Waals surface area contributed by atoms with Gasteiger partial charge in [0.05, 0.1) is 30.4 Å². The number of hydrogen-bond acceptors (Lipinski definition) is 5. The van der Waals surface area contributed by atoms with Crippen molar-refractivity contribution in [3.63, 3.8) is 0 Å². The number of amides is 1. The summed E-state index contributed by atoms with van der Waals surface area (Å²) in [6.45, 7) is 4.58. The Kier molecular flexibility index (Phi) is 7.20. The molecule has 0 saturated heterocycles. The lowest BCUT2D eigenvalue weighted by Crippen LogP contribution is -2.31. The molecule has 0 spiro atoms. The fraction of sp³-hybridized carbons (Fsp3) is 0.474. The molecule has 1 N–H and O–H groups in total. The zero-order valence-electron chi connectivity index (χ0n) is 14.9. The summed E-state index contributed by atoms with van der Waals surface area (Å²) in [7, 11) is 1.59. The summed E-state index contributed by atoms with van der Waals surface area (Å²) in [5.41, 5.74) is 1.51. The average molecular weight is 360 g/mol. The van der Waals surface area contributed by atoms with Gasteiger partial charge in [-0.1, -0.05) is 19.4 Å². The predicted molar refractivity (Wildman–Crippen MR) is 99.7 cm³/mol. The number of nitriles is 1. The van der Waals surface area contributed by atoms with Gasteiger partial charge in [-0.3, -0.25) is 4.79 Å². The molecule has 5 nitrogen and oxygen atoms in total. The van der Waals surface area contributed by atoms with Crippen LogP contribution in [0.4, 0.5) is 0 Å². The fourth-order valence-electron chi connectivity index (χ4n) is 2.71. The number of benzene rings is 1. The van der Waals surface area contributed by atoms with Gasteiger partial charge in [-0.2, -0.15) is 5.26 Å². The van der Waals surface area contributed by atoms with Gasteiger partial charge in [-0.25, -0.2) is 0 Å². The lowest BCUT2D eigenvalue weighted by atomic mass is 9.87. The number of rotatable bonds is 8. The summed E-state index contributed by atoms with van der Waals surface area (Å²) < 4.78 is 10.9. The maximum absolute atomic E-state index is 12.2. The number of ether oxygens (including phenoxy) is 2. The second-order valence-corrected chi connectivity index (χ2v) is 6.81. The fourth-order valence-corrected chi connectivity index (χ4v) is 3.88. The zero-order chi connectivity index (χ0) is 18.2. The molecule has 0 radical (unpaired) electrons. The normalized spacial score (nSPS) is 17.0. The SMILES string of the molecule is CCCCSC1=C(C#N)C(c2ccc(OCC)c(OC)c2)CC(=O)N1. The van der Waals surface area contributed by atoms with Crippen LogP contribution in [0.5, 0.6) is 11.5 Å². The molecule has 0 fully saturated rings. The van der Waals surface area contributed by atoms with E-state index in [0.717, 1.165) is 24.2 Å². The molecular weight excluding hydrogens is 336 g/mol. The molecule has 1 amide bonds. The van der Waals surface area contributed by atoms with Gasteiger partial charge in [0, 0.05) is 12.3 Å².